The van der Waals surface area contributed by atoms with Gasteiger partial charge in [0.1, 0.15) is 5.44 Å². The number of rotatable bonds is 7. The molecule has 0 saturated heterocycles. The molecule has 3 nitrogen and oxygen atoms in total. The first-order valence-corrected chi connectivity index (χ1v) is 5.60. The third-order valence-electron chi connectivity index (χ3n) is 1.50. The van der Waals surface area contributed by atoms with E-state index in [1.54, 1.807) is 18.9 Å². The van der Waals surface area contributed by atoms with Crippen LogP contribution in [0.2, 0.25) is 0 Å². The van der Waals surface area contributed by atoms with Crippen molar-refractivity contribution in [1.29, 1.82) is 0 Å². The van der Waals surface area contributed by atoms with Crippen LogP contribution >= 0.6 is 11.8 Å². The van der Waals surface area contributed by atoms with Gasteiger partial charge in [-0.3, -0.25) is 0 Å². The molecule has 0 saturated carbocycles. The van der Waals surface area contributed by atoms with Crippen molar-refractivity contribution in [2.75, 3.05) is 12.9 Å². The molecule has 0 amide bonds. The molecule has 0 N–H and O–H groups in total. The van der Waals surface area contributed by atoms with E-state index in [1.165, 1.54) is 0 Å². The molecule has 0 aromatic rings. The van der Waals surface area contributed by atoms with Crippen LogP contribution in [0.25, 0.3) is 0 Å². The summed E-state index contributed by atoms with van der Waals surface area (Å²) in [6, 6.07) is 0. The van der Waals surface area contributed by atoms with Crippen molar-refractivity contribution in [2.24, 2.45) is 0 Å². The molecular weight excluding hydrogens is 188 g/mol. The van der Waals surface area contributed by atoms with Crippen LogP contribution in [-0.4, -0.2) is 30.9 Å². The van der Waals surface area contributed by atoms with Crippen molar-refractivity contribution < 1.29 is 14.2 Å². The molecule has 13 heavy (non-hydrogen) atoms. The van der Waals surface area contributed by atoms with E-state index < -0.39 is 0 Å². The molecule has 0 bridgehead atoms. The third kappa shape index (κ3) is 7.31. The monoisotopic (exact) mass is 208 g/mol. The van der Waals surface area contributed by atoms with Crippen LogP contribution in [0, 0.1) is 0 Å². The van der Waals surface area contributed by atoms with Crippen molar-refractivity contribution in [3.05, 3.63) is 0 Å². The van der Waals surface area contributed by atoms with E-state index in [9.17, 15) is 0 Å². The lowest BCUT2D eigenvalue weighted by Crippen LogP contribution is -2.23. The first-order chi connectivity index (χ1) is 6.10. The maximum atomic E-state index is 5.52. The molecule has 0 aliphatic heterocycles. The van der Waals surface area contributed by atoms with Crippen LogP contribution in [0.4, 0.5) is 0 Å². The smallest absolute Gasteiger partial charge is 0.159 e. The zero-order chi connectivity index (χ0) is 10.3. The van der Waals surface area contributed by atoms with Gasteiger partial charge in [-0.2, -0.15) is 0 Å². The van der Waals surface area contributed by atoms with Crippen LogP contribution in [0.5, 0.6) is 0 Å². The second kappa shape index (κ2) is 7.62. The second-order valence-electron chi connectivity index (χ2n) is 2.67. The molecule has 0 aromatic carbocycles. The topological polar surface area (TPSA) is 27.7 Å². The highest BCUT2D eigenvalue weighted by Gasteiger charge is 2.11. The Morgan fingerprint density at radius 2 is 1.69 bits per heavy atom. The van der Waals surface area contributed by atoms with E-state index in [4.69, 9.17) is 14.2 Å². The average Bonchev–Trinajstić information content (AvgIpc) is 2.04. The highest BCUT2D eigenvalue weighted by atomic mass is 32.2. The SMILES string of the molecule is CCSC(C)OC(C)OC(C)OC. The minimum absolute atomic E-state index is 0.170. The summed E-state index contributed by atoms with van der Waals surface area (Å²) in [7, 11) is 1.61. The van der Waals surface area contributed by atoms with Crippen LogP contribution < -0.4 is 0 Å². The molecule has 3 unspecified atom stereocenters. The van der Waals surface area contributed by atoms with Crippen molar-refractivity contribution in [3.63, 3.8) is 0 Å². The van der Waals surface area contributed by atoms with Gasteiger partial charge in [-0.1, -0.05) is 6.92 Å². The van der Waals surface area contributed by atoms with Crippen LogP contribution in [-0.2, 0) is 14.2 Å². The zero-order valence-corrected chi connectivity index (χ0v) is 9.89. The number of hydrogen-bond acceptors (Lipinski definition) is 4. The fourth-order valence-corrected chi connectivity index (χ4v) is 1.61. The first kappa shape index (κ1) is 13.2. The van der Waals surface area contributed by atoms with Gasteiger partial charge < -0.3 is 14.2 Å². The van der Waals surface area contributed by atoms with Crippen LogP contribution in [0.15, 0.2) is 0 Å². The summed E-state index contributed by atoms with van der Waals surface area (Å²) in [5.74, 6) is 1.05. The summed E-state index contributed by atoms with van der Waals surface area (Å²) in [6.45, 7) is 7.85. The van der Waals surface area contributed by atoms with Crippen LogP contribution in [0.3, 0.4) is 0 Å². The Kier molecular flexibility index (Phi) is 7.75. The van der Waals surface area contributed by atoms with Gasteiger partial charge in [-0.25, -0.2) is 0 Å². The van der Waals surface area contributed by atoms with Gasteiger partial charge in [0.15, 0.2) is 12.6 Å². The molecule has 3 atom stereocenters. The Balaban J connectivity index is 3.54. The Bertz CT molecular complexity index is 121. The largest absolute Gasteiger partial charge is 0.356 e. The summed E-state index contributed by atoms with van der Waals surface area (Å²) in [5.41, 5.74) is 0.170. The van der Waals surface area contributed by atoms with E-state index in [-0.39, 0.29) is 18.0 Å². The summed E-state index contributed by atoms with van der Waals surface area (Å²) in [5, 5.41) is 0. The molecule has 0 fully saturated rings. The van der Waals surface area contributed by atoms with E-state index in [1.807, 2.05) is 20.8 Å². The molecule has 4 heteroatoms. The molecule has 80 valence electrons. The second-order valence-corrected chi connectivity index (χ2v) is 4.24. The Morgan fingerprint density at radius 3 is 2.15 bits per heavy atom. The molecule has 0 aliphatic carbocycles. The zero-order valence-electron chi connectivity index (χ0n) is 9.07. The van der Waals surface area contributed by atoms with E-state index in [0.29, 0.717) is 0 Å². The maximum Gasteiger partial charge on any atom is 0.159 e. The van der Waals surface area contributed by atoms with Gasteiger partial charge in [0.25, 0.3) is 0 Å². The van der Waals surface area contributed by atoms with Crippen molar-refractivity contribution in [1.82, 2.24) is 0 Å². The normalized spacial score (nSPS) is 18.2. The van der Waals surface area contributed by atoms with E-state index in [2.05, 4.69) is 6.92 Å². The average molecular weight is 208 g/mol. The molecule has 0 rings (SSSR count). The fraction of sp³-hybridized carbons (Fsp3) is 1.00. The molecule has 0 radical (unpaired) electrons. The van der Waals surface area contributed by atoms with Gasteiger partial charge in [0.05, 0.1) is 0 Å². The lowest BCUT2D eigenvalue weighted by atomic mass is 10.7. The lowest BCUT2D eigenvalue weighted by Gasteiger charge is -2.21. The van der Waals surface area contributed by atoms with E-state index in [0.717, 1.165) is 5.75 Å². The molecule has 0 aliphatic rings. The number of methoxy groups -OCH3 is 1. The Labute approximate surface area is 85.1 Å². The quantitative estimate of drug-likeness (QED) is 0.601. The molecular formula is C9H20O3S. The van der Waals surface area contributed by atoms with Crippen molar-refractivity contribution in [3.8, 4) is 0 Å². The van der Waals surface area contributed by atoms with Gasteiger partial charge in [0.2, 0.25) is 0 Å². The Morgan fingerprint density at radius 1 is 1.08 bits per heavy atom. The molecule has 0 aromatic heterocycles. The lowest BCUT2D eigenvalue weighted by molar-refractivity contribution is -0.225. The standard InChI is InChI=1S/C9H20O3S/c1-6-13-9(4)12-8(3)11-7(2)10-5/h7-9H,6H2,1-5H3. The first-order valence-electron chi connectivity index (χ1n) is 4.55. The molecule has 0 heterocycles. The minimum Gasteiger partial charge on any atom is -0.356 e. The maximum absolute atomic E-state index is 5.52. The predicted octanol–water partition coefficient (Wildman–Crippen LogP) is 2.46. The van der Waals surface area contributed by atoms with E-state index >= 15 is 0 Å². The number of ether oxygens (including phenoxy) is 3. The molecule has 0 spiro atoms. The summed E-state index contributed by atoms with van der Waals surface area (Å²) < 4.78 is 15.8. The van der Waals surface area contributed by atoms with Gasteiger partial charge in [-0.05, 0) is 26.5 Å². The van der Waals surface area contributed by atoms with Crippen LogP contribution in [0.1, 0.15) is 27.7 Å². The number of thioether (sulfide) groups is 1. The van der Waals surface area contributed by atoms with Gasteiger partial charge in [0, 0.05) is 7.11 Å². The number of hydrogen-bond donors (Lipinski definition) is 0. The summed E-state index contributed by atoms with van der Waals surface area (Å²) in [4.78, 5) is 0. The Hall–Kier alpha value is 0.230. The summed E-state index contributed by atoms with van der Waals surface area (Å²) in [6.07, 6.45) is -0.433. The minimum atomic E-state index is -0.219. The fourth-order valence-electron chi connectivity index (χ4n) is 0.901. The highest BCUT2D eigenvalue weighted by molar-refractivity contribution is 7.99. The van der Waals surface area contributed by atoms with Crippen molar-refractivity contribution in [2.45, 2.75) is 45.7 Å². The third-order valence-corrected chi connectivity index (χ3v) is 2.41. The predicted molar refractivity (Wildman–Crippen MR) is 55.7 cm³/mol. The highest BCUT2D eigenvalue weighted by Crippen LogP contribution is 2.14. The summed E-state index contributed by atoms with van der Waals surface area (Å²) >= 11 is 1.75. The van der Waals surface area contributed by atoms with Crippen molar-refractivity contribution >= 4 is 11.8 Å². The van der Waals surface area contributed by atoms with Gasteiger partial charge in [-0.15, -0.1) is 11.8 Å². The van der Waals surface area contributed by atoms with Gasteiger partial charge >= 0.3 is 0 Å².